The van der Waals surface area contributed by atoms with Crippen molar-refractivity contribution < 1.29 is 31.0 Å². The van der Waals surface area contributed by atoms with Crippen molar-refractivity contribution in [3.8, 4) is 0 Å². The van der Waals surface area contributed by atoms with Gasteiger partial charge in [0, 0.05) is 11.1 Å². The van der Waals surface area contributed by atoms with Crippen molar-refractivity contribution in [2.45, 2.75) is 9.79 Å². The lowest BCUT2D eigenvalue weighted by molar-refractivity contribution is 0.0980. The third-order valence-corrected chi connectivity index (χ3v) is 7.05. The van der Waals surface area contributed by atoms with E-state index in [0.29, 0.717) is 0 Å². The molecule has 9 nitrogen and oxygen atoms in total. The van der Waals surface area contributed by atoms with E-state index < -0.39 is 59.1 Å². The van der Waals surface area contributed by atoms with Gasteiger partial charge in [-0.15, -0.1) is 0 Å². The van der Waals surface area contributed by atoms with E-state index in [4.69, 9.17) is 5.73 Å². The fourth-order valence-corrected chi connectivity index (χ4v) is 5.12. The second-order valence-corrected chi connectivity index (χ2v) is 9.76. The van der Waals surface area contributed by atoms with E-state index in [1.807, 2.05) is 0 Å². The molecule has 1 aliphatic carbocycles. The normalized spacial score (nSPS) is 13.5. The minimum absolute atomic E-state index is 0.0131. The summed E-state index contributed by atoms with van der Waals surface area (Å²) in [5, 5.41) is 0. The van der Waals surface area contributed by atoms with Crippen molar-refractivity contribution >= 4 is 43.1 Å². The molecule has 158 valence electrons. The summed E-state index contributed by atoms with van der Waals surface area (Å²) < 4.78 is 61.1. The van der Waals surface area contributed by atoms with Gasteiger partial charge in [-0.2, -0.15) is 8.42 Å². The van der Waals surface area contributed by atoms with Gasteiger partial charge >= 0.3 is 0 Å². The lowest BCUT2D eigenvalue weighted by atomic mass is 9.82. The summed E-state index contributed by atoms with van der Waals surface area (Å²) >= 11 is 0. The van der Waals surface area contributed by atoms with Gasteiger partial charge in [0.25, 0.3) is 20.1 Å². The van der Waals surface area contributed by atoms with Crippen LogP contribution in [0.5, 0.6) is 0 Å². The van der Waals surface area contributed by atoms with Gasteiger partial charge in [-0.3, -0.25) is 18.9 Å². The van der Waals surface area contributed by atoms with Crippen LogP contribution >= 0.6 is 0 Å². The molecular weight excluding hydrogens is 444 g/mol. The Bertz CT molecular complexity index is 1480. The van der Waals surface area contributed by atoms with Crippen LogP contribution in [0.2, 0.25) is 0 Å². The fraction of sp³-hybridized carbons (Fsp3) is 0. The number of sulfonamides is 1. The number of hydrogen-bond acceptors (Lipinski definition) is 7. The highest BCUT2D eigenvalue weighted by Crippen LogP contribution is 2.39. The van der Waals surface area contributed by atoms with Gasteiger partial charge in [0.05, 0.1) is 27.4 Å². The molecule has 0 bridgehead atoms. The maximum atomic E-state index is 13.2. The van der Waals surface area contributed by atoms with Crippen LogP contribution in [0.3, 0.4) is 0 Å². The standard InChI is InChI=1S/C20H14N2O7S2/c21-18-15(31(27,28)29)10-14(22-30(25,26)11-6-2-1-3-7-11)16-17(18)20(24)13-9-5-4-8-12(13)19(16)23/h1-10,22H,21H2,(H,27,28,29). The highest BCUT2D eigenvalue weighted by Gasteiger charge is 2.37. The summed E-state index contributed by atoms with van der Waals surface area (Å²) in [6.45, 7) is 0. The number of benzene rings is 3. The molecule has 11 heteroatoms. The van der Waals surface area contributed by atoms with E-state index >= 15 is 0 Å². The first-order chi connectivity index (χ1) is 14.5. The average Bonchev–Trinajstić information content (AvgIpc) is 2.72. The van der Waals surface area contributed by atoms with Gasteiger partial charge in [-0.1, -0.05) is 42.5 Å². The Balaban J connectivity index is 2.03. The number of nitrogen functional groups attached to an aromatic ring is 1. The van der Waals surface area contributed by atoms with Crippen molar-refractivity contribution in [2.24, 2.45) is 0 Å². The molecule has 0 atom stereocenters. The van der Waals surface area contributed by atoms with Crippen molar-refractivity contribution in [1.82, 2.24) is 0 Å². The molecule has 0 radical (unpaired) electrons. The van der Waals surface area contributed by atoms with Crippen LogP contribution in [0.1, 0.15) is 31.8 Å². The Labute approximate surface area is 177 Å². The molecule has 0 heterocycles. The molecule has 0 aromatic heterocycles. The SMILES string of the molecule is Nc1c(S(=O)(=O)O)cc(NS(=O)(=O)c2ccccc2)c2c1C(=O)c1ccccc1C2=O. The number of ketones is 2. The largest absolute Gasteiger partial charge is 0.397 e. The van der Waals surface area contributed by atoms with Gasteiger partial charge in [0.2, 0.25) is 0 Å². The number of carbonyl (C=O) groups is 2. The molecule has 4 N–H and O–H groups in total. The summed E-state index contributed by atoms with van der Waals surface area (Å²) in [7, 11) is -9.22. The number of nitrogens with one attached hydrogen (secondary N) is 1. The molecular formula is C20H14N2O7S2. The predicted octanol–water partition coefficient (Wildman–Crippen LogP) is 2.09. The Kier molecular flexibility index (Phi) is 4.69. The third kappa shape index (κ3) is 3.38. The molecule has 0 saturated carbocycles. The first-order valence-electron chi connectivity index (χ1n) is 8.72. The maximum Gasteiger partial charge on any atom is 0.296 e. The fourth-order valence-electron chi connectivity index (χ4n) is 3.39. The molecule has 3 aromatic carbocycles. The molecule has 4 rings (SSSR count). The topological polar surface area (TPSA) is 161 Å². The molecule has 0 fully saturated rings. The summed E-state index contributed by atoms with van der Waals surface area (Å²) in [6.07, 6.45) is 0. The zero-order valence-corrected chi connectivity index (χ0v) is 17.2. The first kappa shape index (κ1) is 20.7. The quantitative estimate of drug-likeness (QED) is 0.309. The monoisotopic (exact) mass is 458 g/mol. The van der Waals surface area contributed by atoms with E-state index in [9.17, 15) is 31.0 Å². The zero-order valence-electron chi connectivity index (χ0n) is 15.6. The van der Waals surface area contributed by atoms with Gasteiger partial charge in [0.1, 0.15) is 4.90 Å². The van der Waals surface area contributed by atoms with Crippen LogP contribution in [-0.2, 0) is 20.1 Å². The number of fused-ring (bicyclic) bond motifs is 2. The number of carbonyl (C=O) groups excluding carboxylic acids is 2. The lowest BCUT2D eigenvalue weighted by Crippen LogP contribution is -2.26. The third-order valence-electron chi connectivity index (χ3n) is 4.78. The van der Waals surface area contributed by atoms with Gasteiger partial charge in [-0.25, -0.2) is 8.42 Å². The zero-order chi connectivity index (χ0) is 22.6. The molecule has 31 heavy (non-hydrogen) atoms. The summed E-state index contributed by atoms with van der Waals surface area (Å²) in [5.41, 5.74) is 3.82. The van der Waals surface area contributed by atoms with Gasteiger partial charge in [0.15, 0.2) is 11.6 Å². The first-order valence-corrected chi connectivity index (χ1v) is 11.6. The molecule has 0 saturated heterocycles. The molecule has 3 aromatic rings. The Morgan fingerprint density at radius 2 is 1.29 bits per heavy atom. The molecule has 0 spiro atoms. The van der Waals surface area contributed by atoms with Gasteiger partial charge in [-0.05, 0) is 18.2 Å². The van der Waals surface area contributed by atoms with E-state index in [2.05, 4.69) is 4.72 Å². The Hall–Kier alpha value is -3.54. The van der Waals surface area contributed by atoms with Crippen molar-refractivity contribution in [3.05, 3.63) is 82.9 Å². The number of rotatable bonds is 4. The van der Waals surface area contributed by atoms with Crippen LogP contribution in [0.4, 0.5) is 11.4 Å². The van der Waals surface area contributed by atoms with E-state index in [1.54, 1.807) is 6.07 Å². The van der Waals surface area contributed by atoms with Crippen LogP contribution in [0.15, 0.2) is 70.5 Å². The second kappa shape index (κ2) is 7.01. The smallest absolute Gasteiger partial charge is 0.296 e. The number of nitrogens with two attached hydrogens (primary N) is 1. The van der Waals surface area contributed by atoms with Crippen LogP contribution in [-0.4, -0.2) is 33.0 Å². The molecule has 1 aliphatic rings. The predicted molar refractivity (Wildman–Crippen MR) is 111 cm³/mol. The van der Waals surface area contributed by atoms with Crippen LogP contribution in [0, 0.1) is 0 Å². The molecule has 0 amide bonds. The van der Waals surface area contributed by atoms with Crippen LogP contribution < -0.4 is 10.5 Å². The van der Waals surface area contributed by atoms with Gasteiger partial charge < -0.3 is 5.73 Å². The summed E-state index contributed by atoms with van der Waals surface area (Å²) in [5.74, 6) is -1.49. The Morgan fingerprint density at radius 3 is 1.84 bits per heavy atom. The van der Waals surface area contributed by atoms with E-state index in [1.165, 1.54) is 48.5 Å². The second-order valence-electron chi connectivity index (χ2n) is 6.68. The molecule has 0 aliphatic heterocycles. The maximum absolute atomic E-state index is 13.2. The highest BCUT2D eigenvalue weighted by molar-refractivity contribution is 7.92. The van der Waals surface area contributed by atoms with Crippen molar-refractivity contribution in [1.29, 1.82) is 0 Å². The highest BCUT2D eigenvalue weighted by atomic mass is 32.2. The van der Waals surface area contributed by atoms with E-state index in [0.717, 1.165) is 6.07 Å². The van der Waals surface area contributed by atoms with Crippen molar-refractivity contribution in [2.75, 3.05) is 10.5 Å². The van der Waals surface area contributed by atoms with Crippen molar-refractivity contribution in [3.63, 3.8) is 0 Å². The summed E-state index contributed by atoms with van der Waals surface area (Å²) in [4.78, 5) is 25.2. The van der Waals surface area contributed by atoms with E-state index in [-0.39, 0.29) is 16.0 Å². The average molecular weight is 458 g/mol. The molecule has 0 unspecified atom stereocenters. The summed E-state index contributed by atoms with van der Waals surface area (Å²) in [6, 6.07) is 13.6. The minimum atomic E-state index is -4.95. The lowest BCUT2D eigenvalue weighted by Gasteiger charge is -2.23. The number of anilines is 2. The number of hydrogen-bond donors (Lipinski definition) is 3. The minimum Gasteiger partial charge on any atom is -0.397 e. The van der Waals surface area contributed by atoms with Crippen LogP contribution in [0.25, 0.3) is 0 Å². The Morgan fingerprint density at radius 1 is 0.774 bits per heavy atom.